The minimum Gasteiger partial charge on any atom is -0.481 e. The lowest BCUT2D eigenvalue weighted by Crippen LogP contribution is -2.36. The third-order valence-electron chi connectivity index (χ3n) is 4.01. The molecule has 2 atom stereocenters. The van der Waals surface area contributed by atoms with Crippen molar-refractivity contribution in [2.24, 2.45) is 0 Å². The number of hydrogen-bond acceptors (Lipinski definition) is 6. The summed E-state index contributed by atoms with van der Waals surface area (Å²) in [5.41, 5.74) is 0. The molecule has 8 heteroatoms. The summed E-state index contributed by atoms with van der Waals surface area (Å²) in [4.78, 5) is 8.29. The highest BCUT2D eigenvalue weighted by Crippen LogP contribution is 2.30. The summed E-state index contributed by atoms with van der Waals surface area (Å²) in [5, 5.41) is 7.96. The van der Waals surface area contributed by atoms with Gasteiger partial charge in [0.1, 0.15) is 0 Å². The molecule has 2 aromatic rings. The molecular formula is C14H19FN6O. The third kappa shape index (κ3) is 2.61. The van der Waals surface area contributed by atoms with Crippen molar-refractivity contribution in [3.63, 3.8) is 0 Å². The minimum atomic E-state index is -0.349. The Kier molecular flexibility index (Phi) is 3.93. The zero-order valence-electron chi connectivity index (χ0n) is 12.8. The van der Waals surface area contributed by atoms with Gasteiger partial charge in [-0.2, -0.15) is 4.98 Å². The van der Waals surface area contributed by atoms with Crippen LogP contribution in [-0.4, -0.2) is 65.2 Å². The molecule has 0 amide bonds. The molecule has 7 nitrogen and oxygen atoms in total. The molecule has 0 spiro atoms. The van der Waals surface area contributed by atoms with Crippen LogP contribution in [-0.2, 0) is 0 Å². The number of anilines is 1. The first-order valence-electron chi connectivity index (χ1n) is 7.08. The summed E-state index contributed by atoms with van der Waals surface area (Å²) in [7, 11) is 5.54. The van der Waals surface area contributed by atoms with Gasteiger partial charge in [-0.15, -0.1) is 5.10 Å². The van der Waals surface area contributed by atoms with Crippen molar-refractivity contribution >= 4 is 5.82 Å². The van der Waals surface area contributed by atoms with E-state index in [1.807, 2.05) is 29.9 Å². The van der Waals surface area contributed by atoms with E-state index >= 15 is 0 Å². The predicted octanol–water partition coefficient (Wildman–Crippen LogP) is 0.812. The largest absolute Gasteiger partial charge is 0.481 e. The molecule has 22 heavy (non-hydrogen) atoms. The molecule has 0 aromatic carbocycles. The second-order valence-corrected chi connectivity index (χ2v) is 5.55. The van der Waals surface area contributed by atoms with Crippen LogP contribution in [0.5, 0.6) is 5.88 Å². The van der Waals surface area contributed by atoms with Gasteiger partial charge in [-0.25, -0.2) is 9.07 Å². The number of rotatable bonds is 4. The van der Waals surface area contributed by atoms with Crippen molar-refractivity contribution in [3.8, 4) is 5.88 Å². The van der Waals surface area contributed by atoms with Crippen LogP contribution >= 0.6 is 0 Å². The van der Waals surface area contributed by atoms with Crippen LogP contribution in [0.4, 0.5) is 10.2 Å². The summed E-state index contributed by atoms with van der Waals surface area (Å²) in [5.74, 6) is 0.369. The first-order chi connectivity index (χ1) is 10.6. The van der Waals surface area contributed by atoms with Gasteiger partial charge in [0.25, 0.3) is 0 Å². The Morgan fingerprint density at radius 3 is 2.77 bits per heavy atom. The number of methoxy groups -OCH3 is 1. The molecule has 0 bridgehead atoms. The lowest BCUT2D eigenvalue weighted by Gasteiger charge is -2.24. The molecule has 1 aliphatic heterocycles. The molecule has 2 aromatic heterocycles. The Hall–Kier alpha value is -2.22. The van der Waals surface area contributed by atoms with Gasteiger partial charge in [-0.05, 0) is 20.2 Å². The van der Waals surface area contributed by atoms with Crippen molar-refractivity contribution in [1.29, 1.82) is 0 Å². The molecule has 3 heterocycles. The van der Waals surface area contributed by atoms with Crippen LogP contribution in [0.1, 0.15) is 6.04 Å². The van der Waals surface area contributed by atoms with Crippen LogP contribution < -0.4 is 9.64 Å². The second kappa shape index (κ2) is 5.88. The summed E-state index contributed by atoms with van der Waals surface area (Å²) in [6.07, 6.45) is 3.49. The fraction of sp³-hybridized carbons (Fsp3) is 0.500. The number of aromatic nitrogens is 4. The smallest absolute Gasteiger partial charge is 0.215 e. The molecule has 0 N–H and O–H groups in total. The van der Waals surface area contributed by atoms with Gasteiger partial charge in [0, 0.05) is 25.4 Å². The molecule has 3 rings (SSSR count). The normalized spacial score (nSPS) is 21.6. The van der Waals surface area contributed by atoms with E-state index in [2.05, 4.69) is 20.2 Å². The highest BCUT2D eigenvalue weighted by molar-refractivity contribution is 5.44. The molecule has 0 saturated carbocycles. The second-order valence-electron chi connectivity index (χ2n) is 5.55. The van der Waals surface area contributed by atoms with Gasteiger partial charge in [0.05, 0.1) is 25.4 Å². The molecule has 1 saturated heterocycles. The molecule has 0 unspecified atom stereocenters. The average molecular weight is 306 g/mol. The highest BCUT2D eigenvalue weighted by Gasteiger charge is 2.37. The van der Waals surface area contributed by atoms with Gasteiger partial charge >= 0.3 is 0 Å². The third-order valence-corrected chi connectivity index (χ3v) is 4.01. The molecule has 0 aliphatic carbocycles. The van der Waals surface area contributed by atoms with E-state index in [0.29, 0.717) is 24.8 Å². The Labute approximate surface area is 128 Å². The van der Waals surface area contributed by atoms with E-state index in [4.69, 9.17) is 4.74 Å². The topological polar surface area (TPSA) is 59.3 Å². The maximum atomic E-state index is 14.1. The van der Waals surface area contributed by atoms with Crippen LogP contribution in [0.2, 0.25) is 0 Å². The molecule has 1 aliphatic rings. The maximum Gasteiger partial charge on any atom is 0.215 e. The fourth-order valence-electron chi connectivity index (χ4n) is 2.85. The Balaban J connectivity index is 1.90. The zero-order valence-corrected chi connectivity index (χ0v) is 12.8. The van der Waals surface area contributed by atoms with Gasteiger partial charge in [0.2, 0.25) is 5.88 Å². The fourth-order valence-corrected chi connectivity index (χ4v) is 2.85. The van der Waals surface area contributed by atoms with Crippen molar-refractivity contribution in [2.75, 3.05) is 39.2 Å². The van der Waals surface area contributed by atoms with Crippen molar-refractivity contribution in [1.82, 2.24) is 24.9 Å². The molecule has 118 valence electrons. The molecule has 0 radical (unpaired) electrons. The average Bonchev–Trinajstić information content (AvgIpc) is 3.16. The SMILES string of the molecule is COc1ccc(F)c(N2C[C@@H](N(C)C)[C@@H](n3ccnn3)C2)n1. The van der Waals surface area contributed by atoms with E-state index in [1.165, 1.54) is 19.2 Å². The molecular weight excluding hydrogens is 287 g/mol. The van der Waals surface area contributed by atoms with Gasteiger partial charge < -0.3 is 14.5 Å². The summed E-state index contributed by atoms with van der Waals surface area (Å²) < 4.78 is 21.1. The van der Waals surface area contributed by atoms with Crippen LogP contribution in [0, 0.1) is 5.82 Å². The predicted molar refractivity (Wildman–Crippen MR) is 79.5 cm³/mol. The van der Waals surface area contributed by atoms with E-state index in [0.717, 1.165) is 0 Å². The number of hydrogen-bond donors (Lipinski definition) is 0. The van der Waals surface area contributed by atoms with Crippen molar-refractivity contribution in [2.45, 2.75) is 12.1 Å². The van der Waals surface area contributed by atoms with Crippen LogP contribution in [0.15, 0.2) is 24.5 Å². The number of halogens is 1. The van der Waals surface area contributed by atoms with E-state index in [-0.39, 0.29) is 17.9 Å². The van der Waals surface area contributed by atoms with Gasteiger partial charge in [0.15, 0.2) is 11.6 Å². The first-order valence-corrected chi connectivity index (χ1v) is 7.08. The summed E-state index contributed by atoms with van der Waals surface area (Å²) >= 11 is 0. The van der Waals surface area contributed by atoms with E-state index < -0.39 is 0 Å². The van der Waals surface area contributed by atoms with Crippen LogP contribution in [0.3, 0.4) is 0 Å². The van der Waals surface area contributed by atoms with Gasteiger partial charge in [-0.1, -0.05) is 5.21 Å². The first kappa shape index (κ1) is 14.7. The zero-order chi connectivity index (χ0) is 15.7. The van der Waals surface area contributed by atoms with E-state index in [1.54, 1.807) is 6.20 Å². The standard InChI is InChI=1S/C14H19FN6O/c1-19(2)11-8-20(9-12(11)21-7-6-16-18-21)14-10(15)4-5-13(17-14)22-3/h4-7,11-12H,8-9H2,1-3H3/t11-,12+/m1/s1. The van der Waals surface area contributed by atoms with Crippen molar-refractivity contribution < 1.29 is 9.13 Å². The Bertz CT molecular complexity index is 632. The molecule has 1 fully saturated rings. The quantitative estimate of drug-likeness (QED) is 0.833. The lowest BCUT2D eigenvalue weighted by molar-refractivity contribution is 0.243. The maximum absolute atomic E-state index is 14.1. The summed E-state index contributed by atoms with van der Waals surface area (Å²) in [6, 6.07) is 3.18. The Morgan fingerprint density at radius 1 is 1.32 bits per heavy atom. The number of pyridine rings is 1. The van der Waals surface area contributed by atoms with Gasteiger partial charge in [-0.3, -0.25) is 0 Å². The number of nitrogens with zero attached hydrogens (tertiary/aromatic N) is 6. The number of likely N-dealkylation sites (N-methyl/N-ethyl adjacent to an activating group) is 1. The number of ether oxygens (including phenoxy) is 1. The van der Waals surface area contributed by atoms with E-state index in [9.17, 15) is 4.39 Å². The lowest BCUT2D eigenvalue weighted by atomic mass is 10.1. The summed E-state index contributed by atoms with van der Waals surface area (Å²) in [6.45, 7) is 1.28. The van der Waals surface area contributed by atoms with Crippen LogP contribution in [0.25, 0.3) is 0 Å². The monoisotopic (exact) mass is 306 g/mol. The van der Waals surface area contributed by atoms with Crippen molar-refractivity contribution in [3.05, 3.63) is 30.3 Å². The minimum absolute atomic E-state index is 0.0879. The Morgan fingerprint density at radius 2 is 2.14 bits per heavy atom. The highest BCUT2D eigenvalue weighted by atomic mass is 19.1.